The lowest BCUT2D eigenvalue weighted by Gasteiger charge is -2.03. The van der Waals surface area contributed by atoms with Gasteiger partial charge in [0.1, 0.15) is 18.9 Å². The van der Waals surface area contributed by atoms with Crippen LogP contribution in [-0.4, -0.2) is 15.6 Å². The van der Waals surface area contributed by atoms with E-state index in [9.17, 15) is 4.79 Å². The molecule has 0 aliphatic carbocycles. The summed E-state index contributed by atoms with van der Waals surface area (Å²) >= 11 is 0. The maximum atomic E-state index is 10.6. The number of carboxylic acids is 1. The van der Waals surface area contributed by atoms with Gasteiger partial charge >= 0.3 is 5.97 Å². The van der Waals surface area contributed by atoms with E-state index in [1.165, 1.54) is 31.5 Å². The monoisotopic (exact) mass is 253 g/mol. The van der Waals surface area contributed by atoms with Gasteiger partial charge in [0.2, 0.25) is 0 Å². The van der Waals surface area contributed by atoms with Crippen LogP contribution in [0.4, 0.5) is 0 Å². The van der Waals surface area contributed by atoms with E-state index >= 15 is 0 Å². The third-order valence-electron chi connectivity index (χ3n) is 3.25. The summed E-state index contributed by atoms with van der Waals surface area (Å²) in [6.07, 6.45) is 10.3. The first-order valence-corrected chi connectivity index (χ1v) is 6.98. The highest BCUT2D eigenvalue weighted by Crippen LogP contribution is 2.06. The molecule has 1 heterocycles. The van der Waals surface area contributed by atoms with Crippen molar-refractivity contribution in [2.45, 2.75) is 65.5 Å². The third kappa shape index (κ3) is 4.51. The zero-order valence-corrected chi connectivity index (χ0v) is 11.6. The summed E-state index contributed by atoms with van der Waals surface area (Å²) in [5.41, 5.74) is 0. The first-order chi connectivity index (χ1) is 8.69. The Labute approximate surface area is 109 Å². The fourth-order valence-corrected chi connectivity index (χ4v) is 2.20. The Kier molecular flexibility index (Phi) is 6.47. The van der Waals surface area contributed by atoms with Crippen LogP contribution in [0.1, 0.15) is 51.8 Å². The summed E-state index contributed by atoms with van der Waals surface area (Å²) in [7, 11) is 0. The topological polar surface area (TPSA) is 46.1 Å². The predicted octanol–water partition coefficient (Wildman–Crippen LogP) is 2.39. The van der Waals surface area contributed by atoms with Gasteiger partial charge in [0.15, 0.2) is 0 Å². The predicted molar refractivity (Wildman–Crippen MR) is 70.4 cm³/mol. The molecule has 18 heavy (non-hydrogen) atoms. The van der Waals surface area contributed by atoms with Gasteiger partial charge < -0.3 is 5.11 Å². The summed E-state index contributed by atoms with van der Waals surface area (Å²) in [5.74, 6) is 0.526. The molecule has 0 unspecified atom stereocenters. The number of hydrogen-bond acceptors (Lipinski definition) is 1. The van der Waals surface area contributed by atoms with Crippen LogP contribution in [0.25, 0.3) is 0 Å². The van der Waals surface area contributed by atoms with E-state index in [0.29, 0.717) is 6.54 Å². The van der Waals surface area contributed by atoms with Gasteiger partial charge in [0.25, 0.3) is 5.82 Å². The molecular formula is C14H25N2O2+. The average Bonchev–Trinajstić information content (AvgIpc) is 2.74. The van der Waals surface area contributed by atoms with Crippen molar-refractivity contribution in [1.82, 2.24) is 4.57 Å². The molecular weight excluding hydrogens is 228 g/mol. The van der Waals surface area contributed by atoms with Crippen molar-refractivity contribution in [3.63, 3.8) is 0 Å². The lowest BCUT2D eigenvalue weighted by molar-refractivity contribution is -0.702. The summed E-state index contributed by atoms with van der Waals surface area (Å²) < 4.78 is 4.30. The summed E-state index contributed by atoms with van der Waals surface area (Å²) in [4.78, 5) is 10.6. The van der Waals surface area contributed by atoms with Crippen molar-refractivity contribution in [1.29, 1.82) is 0 Å². The lowest BCUT2D eigenvalue weighted by Crippen LogP contribution is -2.38. The molecule has 1 aromatic rings. The second kappa shape index (κ2) is 7.90. The molecule has 0 fully saturated rings. The van der Waals surface area contributed by atoms with E-state index < -0.39 is 5.97 Å². The maximum absolute atomic E-state index is 10.6. The van der Waals surface area contributed by atoms with Crippen molar-refractivity contribution in [3.8, 4) is 0 Å². The molecule has 4 heteroatoms. The van der Waals surface area contributed by atoms with Crippen LogP contribution in [0.15, 0.2) is 12.4 Å². The Bertz CT molecular complexity index is 372. The molecule has 0 saturated heterocycles. The van der Waals surface area contributed by atoms with Crippen LogP contribution in [0, 0.1) is 0 Å². The molecule has 0 atom stereocenters. The number of nitrogens with zero attached hydrogens (tertiary/aromatic N) is 2. The van der Waals surface area contributed by atoms with Crippen LogP contribution in [0.3, 0.4) is 0 Å². The van der Waals surface area contributed by atoms with Crippen molar-refractivity contribution in [2.24, 2.45) is 0 Å². The van der Waals surface area contributed by atoms with Gasteiger partial charge in [0.05, 0.1) is 13.0 Å². The molecule has 0 spiro atoms. The SMILES string of the molecule is CCCCCCc1n(CC)cc[n+]1CCC(=O)O. The van der Waals surface area contributed by atoms with E-state index in [1.54, 1.807) is 0 Å². The molecule has 0 saturated carbocycles. The fraction of sp³-hybridized carbons (Fsp3) is 0.714. The van der Waals surface area contributed by atoms with Crippen LogP contribution in [0.5, 0.6) is 0 Å². The van der Waals surface area contributed by atoms with Gasteiger partial charge in [-0.15, -0.1) is 0 Å². The molecule has 4 nitrogen and oxygen atoms in total. The second-order valence-electron chi connectivity index (χ2n) is 4.65. The number of imidazole rings is 1. The van der Waals surface area contributed by atoms with Gasteiger partial charge in [0, 0.05) is 6.42 Å². The minimum absolute atomic E-state index is 0.195. The third-order valence-corrected chi connectivity index (χ3v) is 3.25. The molecule has 0 bridgehead atoms. The van der Waals surface area contributed by atoms with Crippen molar-refractivity contribution in [2.75, 3.05) is 0 Å². The Balaban J connectivity index is 2.60. The molecule has 0 radical (unpaired) electrons. The molecule has 1 rings (SSSR count). The van der Waals surface area contributed by atoms with Crippen LogP contribution in [0.2, 0.25) is 0 Å². The van der Waals surface area contributed by atoms with Gasteiger partial charge in [-0.25, -0.2) is 9.13 Å². The highest BCUT2D eigenvalue weighted by molar-refractivity contribution is 5.66. The number of carboxylic acid groups (broad SMARTS) is 1. The van der Waals surface area contributed by atoms with E-state index in [0.717, 1.165) is 13.0 Å². The number of hydrogen-bond donors (Lipinski definition) is 1. The van der Waals surface area contributed by atoms with E-state index in [4.69, 9.17) is 5.11 Å². The van der Waals surface area contributed by atoms with E-state index in [1.807, 2.05) is 6.20 Å². The Morgan fingerprint density at radius 1 is 1.33 bits per heavy atom. The number of aromatic nitrogens is 2. The van der Waals surface area contributed by atoms with Gasteiger partial charge in [-0.1, -0.05) is 26.2 Å². The smallest absolute Gasteiger partial charge is 0.307 e. The summed E-state index contributed by atoms with van der Waals surface area (Å²) in [5, 5.41) is 8.76. The first kappa shape index (κ1) is 14.7. The number of rotatable bonds is 9. The standard InChI is InChI=1S/C14H24N2O2/c1-3-5-6-7-8-13-15(4-2)11-12-16(13)10-9-14(17)18/h11-12H,3-10H2,1-2H3/p+1. The normalized spacial score (nSPS) is 10.8. The van der Waals surface area contributed by atoms with E-state index in [-0.39, 0.29) is 6.42 Å². The van der Waals surface area contributed by atoms with Crippen molar-refractivity contribution >= 4 is 5.97 Å². The van der Waals surface area contributed by atoms with Crippen molar-refractivity contribution < 1.29 is 14.5 Å². The quantitative estimate of drug-likeness (QED) is 0.542. The molecule has 0 aliphatic heterocycles. The molecule has 1 N–H and O–H groups in total. The number of carbonyl (C=O) groups is 1. The molecule has 102 valence electrons. The number of aryl methyl sites for hydroxylation is 2. The maximum Gasteiger partial charge on any atom is 0.307 e. The zero-order chi connectivity index (χ0) is 13.4. The first-order valence-electron chi connectivity index (χ1n) is 6.98. The Hall–Kier alpha value is -1.32. The second-order valence-corrected chi connectivity index (χ2v) is 4.65. The van der Waals surface area contributed by atoms with Crippen molar-refractivity contribution in [3.05, 3.63) is 18.2 Å². The van der Waals surface area contributed by atoms with Gasteiger partial charge in [-0.05, 0) is 13.3 Å². The largest absolute Gasteiger partial charge is 0.481 e. The molecule has 0 aromatic carbocycles. The number of aliphatic carboxylic acids is 1. The molecule has 1 aromatic heterocycles. The highest BCUT2D eigenvalue weighted by Gasteiger charge is 2.16. The molecule has 0 amide bonds. The fourth-order valence-electron chi connectivity index (χ4n) is 2.20. The Morgan fingerprint density at radius 3 is 2.72 bits per heavy atom. The van der Waals surface area contributed by atoms with Crippen LogP contribution >= 0.6 is 0 Å². The highest BCUT2D eigenvalue weighted by atomic mass is 16.4. The summed E-state index contributed by atoms with van der Waals surface area (Å²) in [6.45, 7) is 5.85. The van der Waals surface area contributed by atoms with Crippen LogP contribution < -0.4 is 4.57 Å². The lowest BCUT2D eigenvalue weighted by atomic mass is 10.1. The van der Waals surface area contributed by atoms with Crippen LogP contribution in [-0.2, 0) is 24.3 Å². The molecule has 0 aliphatic rings. The number of unbranched alkanes of at least 4 members (excludes halogenated alkanes) is 3. The minimum Gasteiger partial charge on any atom is -0.481 e. The van der Waals surface area contributed by atoms with Gasteiger partial charge in [-0.3, -0.25) is 4.79 Å². The average molecular weight is 253 g/mol. The zero-order valence-electron chi connectivity index (χ0n) is 11.6. The Morgan fingerprint density at radius 2 is 2.11 bits per heavy atom. The van der Waals surface area contributed by atoms with E-state index in [2.05, 4.69) is 29.2 Å². The summed E-state index contributed by atoms with van der Waals surface area (Å²) in [6, 6.07) is 0. The van der Waals surface area contributed by atoms with Gasteiger partial charge in [-0.2, -0.15) is 0 Å². The minimum atomic E-state index is -0.733.